The van der Waals surface area contributed by atoms with Crippen molar-refractivity contribution in [2.45, 2.75) is 38.5 Å². The maximum absolute atomic E-state index is 5.46. The molecule has 2 aliphatic rings. The highest BCUT2D eigenvalue weighted by Gasteiger charge is 2.27. The summed E-state index contributed by atoms with van der Waals surface area (Å²) in [6.07, 6.45) is 4.15. The molecule has 1 aliphatic carbocycles. The molecule has 0 radical (unpaired) electrons. The van der Waals surface area contributed by atoms with Gasteiger partial charge in [0.2, 0.25) is 0 Å². The van der Waals surface area contributed by atoms with E-state index in [1.165, 1.54) is 36.0 Å². The number of benzene rings is 1. The molecule has 1 saturated carbocycles. The van der Waals surface area contributed by atoms with Gasteiger partial charge in [-0.15, -0.1) is 0 Å². The highest BCUT2D eigenvalue weighted by atomic mass is 16.5. The van der Waals surface area contributed by atoms with Gasteiger partial charge in [0.1, 0.15) is 0 Å². The van der Waals surface area contributed by atoms with Crippen molar-refractivity contribution < 1.29 is 4.74 Å². The molecule has 16 heavy (non-hydrogen) atoms. The van der Waals surface area contributed by atoms with Crippen molar-refractivity contribution in [1.29, 1.82) is 0 Å². The predicted molar refractivity (Wildman–Crippen MR) is 64.1 cm³/mol. The summed E-state index contributed by atoms with van der Waals surface area (Å²) in [6, 6.07) is 7.38. The number of hydrogen-bond acceptors (Lipinski definition) is 2. The third kappa shape index (κ3) is 1.66. The lowest BCUT2D eigenvalue weighted by Crippen LogP contribution is -2.29. The first-order chi connectivity index (χ1) is 7.88. The van der Waals surface area contributed by atoms with Crippen molar-refractivity contribution in [3.63, 3.8) is 0 Å². The molecule has 0 bridgehead atoms. The molecular weight excluding hydrogens is 198 g/mol. The average Bonchev–Trinajstić information content (AvgIpc) is 2.69. The third-order valence-corrected chi connectivity index (χ3v) is 4.04. The van der Waals surface area contributed by atoms with Crippen LogP contribution in [0.15, 0.2) is 18.2 Å². The van der Waals surface area contributed by atoms with Gasteiger partial charge >= 0.3 is 0 Å². The minimum absolute atomic E-state index is 0.541. The minimum Gasteiger partial charge on any atom is -0.372 e. The third-order valence-electron chi connectivity index (χ3n) is 4.04. The summed E-state index contributed by atoms with van der Waals surface area (Å²) in [7, 11) is 2.08. The van der Waals surface area contributed by atoms with Crippen LogP contribution in [0.2, 0.25) is 0 Å². The predicted octanol–water partition coefficient (Wildman–Crippen LogP) is 2.78. The summed E-state index contributed by atoms with van der Waals surface area (Å²) in [6.45, 7) is 1.59. The summed E-state index contributed by atoms with van der Waals surface area (Å²) < 4.78 is 5.46. The zero-order valence-electron chi connectivity index (χ0n) is 9.83. The summed E-state index contributed by atoms with van der Waals surface area (Å²) in [4.78, 5) is 0. The maximum Gasteiger partial charge on any atom is 0.0725 e. The quantitative estimate of drug-likeness (QED) is 0.840. The van der Waals surface area contributed by atoms with Crippen molar-refractivity contribution >= 4 is 0 Å². The Bertz CT molecular complexity index is 384. The number of hydrogen-bond donors (Lipinski definition) is 1. The lowest BCUT2D eigenvalue weighted by Gasteiger charge is -2.34. The van der Waals surface area contributed by atoms with Crippen molar-refractivity contribution in [1.82, 2.24) is 5.32 Å². The standard InChI is InChI=1S/C14H19NO/c1-15-14(10-3-2-4-10)11-5-6-12-8-16-9-13(12)7-11/h5-7,10,14-15H,2-4,8-9H2,1H3. The Morgan fingerprint density at radius 3 is 2.75 bits per heavy atom. The smallest absolute Gasteiger partial charge is 0.0725 e. The van der Waals surface area contributed by atoms with Crippen LogP contribution < -0.4 is 5.32 Å². The number of rotatable bonds is 3. The molecule has 86 valence electrons. The van der Waals surface area contributed by atoms with Gasteiger partial charge in [-0.2, -0.15) is 0 Å². The van der Waals surface area contributed by atoms with Gasteiger partial charge in [-0.05, 0) is 42.5 Å². The van der Waals surface area contributed by atoms with Crippen LogP contribution in [0.1, 0.15) is 42.0 Å². The van der Waals surface area contributed by atoms with E-state index in [9.17, 15) is 0 Å². The summed E-state index contributed by atoms with van der Waals surface area (Å²) in [5.74, 6) is 0.838. The molecular formula is C14H19NO. The van der Waals surface area contributed by atoms with E-state index in [0.29, 0.717) is 6.04 Å². The first-order valence-electron chi connectivity index (χ1n) is 6.25. The summed E-state index contributed by atoms with van der Waals surface area (Å²) in [5.41, 5.74) is 4.20. The first kappa shape index (κ1) is 10.3. The normalized spacial score (nSPS) is 21.6. The van der Waals surface area contributed by atoms with Gasteiger partial charge in [-0.25, -0.2) is 0 Å². The second-order valence-electron chi connectivity index (χ2n) is 4.98. The monoisotopic (exact) mass is 217 g/mol. The van der Waals surface area contributed by atoms with E-state index >= 15 is 0 Å². The maximum atomic E-state index is 5.46. The highest BCUT2D eigenvalue weighted by molar-refractivity contribution is 5.35. The van der Waals surface area contributed by atoms with Gasteiger partial charge in [0.25, 0.3) is 0 Å². The number of ether oxygens (including phenoxy) is 1. The molecule has 1 N–H and O–H groups in total. The SMILES string of the molecule is CNC(c1ccc2c(c1)COC2)C1CCC1. The van der Waals surface area contributed by atoms with E-state index in [1.54, 1.807) is 0 Å². The van der Waals surface area contributed by atoms with Crippen LogP contribution in [0.4, 0.5) is 0 Å². The second kappa shape index (κ2) is 4.19. The zero-order chi connectivity index (χ0) is 11.0. The fourth-order valence-corrected chi connectivity index (χ4v) is 2.83. The zero-order valence-corrected chi connectivity index (χ0v) is 9.83. The van der Waals surface area contributed by atoms with Crippen LogP contribution in [0, 0.1) is 5.92 Å². The van der Waals surface area contributed by atoms with Crippen LogP contribution in [0.3, 0.4) is 0 Å². The van der Waals surface area contributed by atoms with Crippen LogP contribution in [0.25, 0.3) is 0 Å². The van der Waals surface area contributed by atoms with E-state index < -0.39 is 0 Å². The molecule has 1 aromatic carbocycles. The fourth-order valence-electron chi connectivity index (χ4n) is 2.83. The molecule has 0 saturated heterocycles. The Kier molecular flexibility index (Phi) is 2.70. The molecule has 0 spiro atoms. The topological polar surface area (TPSA) is 21.3 Å². The molecule has 1 heterocycles. The highest BCUT2D eigenvalue weighted by Crippen LogP contribution is 2.38. The van der Waals surface area contributed by atoms with Crippen molar-refractivity contribution in [2.24, 2.45) is 5.92 Å². The van der Waals surface area contributed by atoms with Crippen molar-refractivity contribution in [3.05, 3.63) is 34.9 Å². The van der Waals surface area contributed by atoms with Crippen LogP contribution in [-0.4, -0.2) is 7.05 Å². The van der Waals surface area contributed by atoms with Crippen molar-refractivity contribution in [2.75, 3.05) is 7.05 Å². The van der Waals surface area contributed by atoms with Gasteiger partial charge in [0.05, 0.1) is 13.2 Å². The van der Waals surface area contributed by atoms with Gasteiger partial charge in [-0.3, -0.25) is 0 Å². The van der Waals surface area contributed by atoms with E-state index in [1.807, 2.05) is 0 Å². The fraction of sp³-hybridized carbons (Fsp3) is 0.571. The minimum atomic E-state index is 0.541. The first-order valence-corrected chi connectivity index (χ1v) is 6.25. The van der Waals surface area contributed by atoms with Gasteiger partial charge in [-0.1, -0.05) is 24.6 Å². The summed E-state index contributed by atoms with van der Waals surface area (Å²) >= 11 is 0. The Morgan fingerprint density at radius 1 is 1.25 bits per heavy atom. The Hall–Kier alpha value is -0.860. The van der Waals surface area contributed by atoms with Crippen LogP contribution in [0.5, 0.6) is 0 Å². The molecule has 1 aromatic rings. The van der Waals surface area contributed by atoms with E-state index in [-0.39, 0.29) is 0 Å². The molecule has 1 fully saturated rings. The average molecular weight is 217 g/mol. The molecule has 1 atom stereocenters. The lowest BCUT2D eigenvalue weighted by molar-refractivity contribution is 0.134. The van der Waals surface area contributed by atoms with Gasteiger partial charge in [0.15, 0.2) is 0 Å². The van der Waals surface area contributed by atoms with Gasteiger partial charge < -0.3 is 10.1 Å². The van der Waals surface area contributed by atoms with Crippen LogP contribution in [-0.2, 0) is 18.0 Å². The van der Waals surface area contributed by atoms with Crippen molar-refractivity contribution in [3.8, 4) is 0 Å². The molecule has 2 heteroatoms. The lowest BCUT2D eigenvalue weighted by atomic mass is 9.77. The Labute approximate surface area is 97.0 Å². The van der Waals surface area contributed by atoms with E-state index in [0.717, 1.165) is 19.1 Å². The van der Waals surface area contributed by atoms with E-state index in [4.69, 9.17) is 4.74 Å². The molecule has 0 aromatic heterocycles. The molecule has 0 amide bonds. The summed E-state index contributed by atoms with van der Waals surface area (Å²) in [5, 5.41) is 3.47. The second-order valence-corrected chi connectivity index (χ2v) is 4.98. The number of nitrogens with one attached hydrogen (secondary N) is 1. The molecule has 3 rings (SSSR count). The Balaban J connectivity index is 1.86. The molecule has 1 unspecified atom stereocenters. The molecule has 1 aliphatic heterocycles. The largest absolute Gasteiger partial charge is 0.372 e. The van der Waals surface area contributed by atoms with Gasteiger partial charge in [0, 0.05) is 6.04 Å². The van der Waals surface area contributed by atoms with Crippen LogP contribution >= 0.6 is 0 Å². The van der Waals surface area contributed by atoms with E-state index in [2.05, 4.69) is 30.6 Å². The number of fused-ring (bicyclic) bond motifs is 1. The molecule has 2 nitrogen and oxygen atoms in total. The Morgan fingerprint density at radius 2 is 2.06 bits per heavy atom.